The van der Waals surface area contributed by atoms with Gasteiger partial charge in [0, 0.05) is 60.5 Å². The number of benzene rings is 11. The summed E-state index contributed by atoms with van der Waals surface area (Å²) in [5.74, 6) is 0.688. The summed E-state index contributed by atoms with van der Waals surface area (Å²) in [6, 6.07) is 87.8. The van der Waals surface area contributed by atoms with Gasteiger partial charge in [-0.25, -0.2) is 9.97 Å². The molecule has 0 aliphatic carbocycles. The predicted octanol–water partition coefficient (Wildman–Crippen LogP) is 17.6. The normalized spacial score (nSPS) is 12.8. The molecule has 0 saturated carbocycles. The maximum absolute atomic E-state index is 5.80. The van der Waals surface area contributed by atoms with Gasteiger partial charge in [0.1, 0.15) is 0 Å². The van der Waals surface area contributed by atoms with E-state index in [1.54, 1.807) is 0 Å². The van der Waals surface area contributed by atoms with E-state index in [-0.39, 0.29) is 17.5 Å². The first-order valence-electron chi connectivity index (χ1n) is 28.5. The number of aromatic nitrogens is 4. The van der Waals surface area contributed by atoms with E-state index < -0.39 is 0 Å². The van der Waals surface area contributed by atoms with Crippen molar-refractivity contribution in [1.29, 1.82) is 0 Å². The van der Waals surface area contributed by atoms with Crippen LogP contribution < -0.4 is 16.4 Å². The maximum Gasteiger partial charge on any atom is 0.252 e. The van der Waals surface area contributed by atoms with Gasteiger partial charge in [-0.2, -0.15) is 0 Å². The third-order valence-electron chi connectivity index (χ3n) is 17.5. The fourth-order valence-electron chi connectivity index (χ4n) is 13.5. The highest BCUT2D eigenvalue weighted by atomic mass is 15.0. The Hall–Kier alpha value is -9.58. The molecule has 16 rings (SSSR count). The fraction of sp³-hybridized carbons (Fsp3) is 0.105. The van der Waals surface area contributed by atoms with Crippen LogP contribution in [0.4, 0.5) is 0 Å². The molecule has 0 atom stereocenters. The quantitative estimate of drug-likeness (QED) is 0.156. The van der Waals surface area contributed by atoms with E-state index in [1.165, 1.54) is 105 Å². The molecule has 2 aliphatic heterocycles. The van der Waals surface area contributed by atoms with Gasteiger partial charge in [0.15, 0.2) is 5.82 Å². The van der Waals surface area contributed by atoms with Gasteiger partial charge in [0.05, 0.1) is 22.2 Å². The number of hydrogen-bond donors (Lipinski definition) is 0. The van der Waals surface area contributed by atoms with Crippen molar-refractivity contribution in [3.8, 4) is 78.5 Å². The lowest BCUT2D eigenvalue weighted by atomic mass is 9.34. The minimum atomic E-state index is -0.114. The molecule has 3 aromatic heterocycles. The molecule has 0 spiro atoms. The maximum atomic E-state index is 5.80. The van der Waals surface area contributed by atoms with Crippen molar-refractivity contribution in [2.45, 2.75) is 52.4 Å². The zero-order chi connectivity index (χ0) is 54.5. The molecule has 0 radical (unpaired) electrons. The first kappa shape index (κ1) is 47.4. The molecule has 384 valence electrons. The molecule has 0 amide bonds. The Morgan fingerprint density at radius 1 is 0.321 bits per heavy atom. The van der Waals surface area contributed by atoms with Gasteiger partial charge >= 0.3 is 0 Å². The van der Waals surface area contributed by atoms with E-state index in [0.717, 1.165) is 50.0 Å². The topological polar surface area (TPSA) is 35.6 Å². The summed E-state index contributed by atoms with van der Waals surface area (Å²) < 4.78 is 5.24. The van der Waals surface area contributed by atoms with Crippen LogP contribution in [-0.4, -0.2) is 25.8 Å². The van der Waals surface area contributed by atoms with Crippen molar-refractivity contribution in [2.75, 3.05) is 0 Å². The SMILES string of the molecule is CC(C)(C)c1cc2c3c(c1)c1cc(-c4ccccc4)ccc1n3-c1cc(-c3nc(-c4cc(-c5ccccc5)cc(-c5ccccc5)c4)nc4ccccc34)cc3c1B2c1cc(C(C)(C)C)cc2c4cc(-c5ccccc5)ccc4n-3c12. The Morgan fingerprint density at radius 2 is 0.741 bits per heavy atom. The minimum absolute atomic E-state index is 0.0655. The van der Waals surface area contributed by atoms with Crippen LogP contribution in [0.3, 0.4) is 0 Å². The van der Waals surface area contributed by atoms with E-state index in [0.29, 0.717) is 5.82 Å². The van der Waals surface area contributed by atoms with Gasteiger partial charge in [-0.15, -0.1) is 0 Å². The summed E-state index contributed by atoms with van der Waals surface area (Å²) in [4.78, 5) is 11.2. The number of rotatable bonds is 6. The minimum Gasteiger partial charge on any atom is -0.310 e. The third kappa shape index (κ3) is 7.38. The summed E-state index contributed by atoms with van der Waals surface area (Å²) in [5.41, 5.74) is 26.9. The first-order valence-corrected chi connectivity index (χ1v) is 28.5. The van der Waals surface area contributed by atoms with Gasteiger partial charge in [0.25, 0.3) is 6.71 Å². The van der Waals surface area contributed by atoms with Crippen LogP contribution in [-0.2, 0) is 10.8 Å². The number of nitrogens with zero attached hydrogens (tertiary/aromatic N) is 4. The van der Waals surface area contributed by atoms with E-state index in [2.05, 4.69) is 287 Å². The third-order valence-corrected chi connectivity index (χ3v) is 17.5. The monoisotopic (exact) mass is 1040 g/mol. The number of para-hydroxylation sites is 1. The molecule has 5 heteroatoms. The standard InChI is InChI=1S/C76H57BN4/c1-75(2,3)56-42-61-59-38-50(46-21-11-7-12-22-46)31-33-66(59)80-68-40-54(71-58-29-19-20-30-65(58)78-74(79-71)55-36-52(48-25-15-9-16-26-48)35-53(37-55)49-27-17-10-18-28-49)41-69-70(68)77(63(44-56)72(61)80)64-45-57(76(4,5)6)43-62-60-39-51(47-23-13-8-14-24-47)32-34-67(60)81(69)73(62)64/h7-45H,1-6H3. The zero-order valence-corrected chi connectivity index (χ0v) is 46.4. The smallest absolute Gasteiger partial charge is 0.252 e. The lowest BCUT2D eigenvalue weighted by Gasteiger charge is -2.36. The van der Waals surface area contributed by atoms with E-state index >= 15 is 0 Å². The first-order chi connectivity index (χ1) is 39.4. The second-order valence-corrected chi connectivity index (χ2v) is 24.6. The predicted molar refractivity (Wildman–Crippen MR) is 343 cm³/mol. The molecule has 0 unspecified atom stereocenters. The van der Waals surface area contributed by atoms with Gasteiger partial charge in [-0.05, 0) is 156 Å². The summed E-state index contributed by atoms with van der Waals surface area (Å²) in [6.07, 6.45) is 0. The highest BCUT2D eigenvalue weighted by molar-refractivity contribution is 7.00. The molecular formula is C76H57BN4. The van der Waals surface area contributed by atoms with Gasteiger partial charge in [-0.3, -0.25) is 0 Å². The number of hydrogen-bond acceptors (Lipinski definition) is 2. The molecule has 2 aliphatic rings. The Kier molecular flexibility index (Phi) is 10.2. The van der Waals surface area contributed by atoms with Crippen LogP contribution in [0, 0.1) is 0 Å². The van der Waals surface area contributed by atoms with Crippen molar-refractivity contribution in [1.82, 2.24) is 19.1 Å². The van der Waals surface area contributed by atoms with Crippen LogP contribution in [0.5, 0.6) is 0 Å². The van der Waals surface area contributed by atoms with Crippen LogP contribution in [0.1, 0.15) is 52.7 Å². The second-order valence-electron chi connectivity index (χ2n) is 24.6. The average Bonchev–Trinajstić information content (AvgIpc) is 1.90. The number of fused-ring (bicyclic) bond motifs is 11. The van der Waals surface area contributed by atoms with Crippen molar-refractivity contribution < 1.29 is 0 Å². The lowest BCUT2D eigenvalue weighted by Crippen LogP contribution is -2.59. The summed E-state index contributed by atoms with van der Waals surface area (Å²) in [7, 11) is 0. The molecule has 0 saturated heterocycles. The van der Waals surface area contributed by atoms with Crippen LogP contribution in [0.15, 0.2) is 237 Å². The highest BCUT2D eigenvalue weighted by Gasteiger charge is 2.43. The molecule has 0 N–H and O–H groups in total. The summed E-state index contributed by atoms with van der Waals surface area (Å²) >= 11 is 0. The molecule has 4 nitrogen and oxygen atoms in total. The van der Waals surface area contributed by atoms with Gasteiger partial charge < -0.3 is 9.13 Å². The van der Waals surface area contributed by atoms with Crippen molar-refractivity contribution in [2.24, 2.45) is 0 Å². The Balaban J connectivity index is 1.05. The van der Waals surface area contributed by atoms with E-state index in [9.17, 15) is 0 Å². The van der Waals surface area contributed by atoms with Crippen LogP contribution in [0.25, 0.3) is 133 Å². The molecule has 81 heavy (non-hydrogen) atoms. The molecule has 5 heterocycles. The van der Waals surface area contributed by atoms with E-state index in [1.807, 2.05) is 0 Å². The van der Waals surface area contributed by atoms with Crippen LogP contribution >= 0.6 is 0 Å². The largest absolute Gasteiger partial charge is 0.310 e. The molecular weight excluding hydrogens is 980 g/mol. The highest BCUT2D eigenvalue weighted by Crippen LogP contribution is 2.45. The average molecular weight is 1040 g/mol. The molecule has 14 aromatic rings. The van der Waals surface area contributed by atoms with Crippen molar-refractivity contribution in [3.05, 3.63) is 248 Å². The summed E-state index contributed by atoms with van der Waals surface area (Å²) in [5, 5.41) is 6.09. The van der Waals surface area contributed by atoms with Crippen molar-refractivity contribution >= 4 is 77.6 Å². The van der Waals surface area contributed by atoms with Crippen molar-refractivity contribution in [3.63, 3.8) is 0 Å². The Labute approximate surface area is 472 Å². The second kappa shape index (κ2) is 17.5. The van der Waals surface area contributed by atoms with E-state index in [4.69, 9.17) is 9.97 Å². The lowest BCUT2D eigenvalue weighted by molar-refractivity contribution is 0.591. The molecule has 0 bridgehead atoms. The van der Waals surface area contributed by atoms with Crippen LogP contribution in [0.2, 0.25) is 0 Å². The van der Waals surface area contributed by atoms with Gasteiger partial charge in [0.2, 0.25) is 0 Å². The Morgan fingerprint density at radius 3 is 1.20 bits per heavy atom. The summed E-state index contributed by atoms with van der Waals surface area (Å²) in [6.45, 7) is 14.1. The fourth-order valence-corrected chi connectivity index (χ4v) is 13.5. The Bertz CT molecular complexity index is 4660. The zero-order valence-electron chi connectivity index (χ0n) is 46.4. The molecule has 11 aromatic carbocycles. The molecule has 0 fully saturated rings. The van der Waals surface area contributed by atoms with Gasteiger partial charge in [-0.1, -0.05) is 205 Å².